The number of alkyl halides is 6. The zero-order valence-corrected chi connectivity index (χ0v) is 48.2. The second kappa shape index (κ2) is 19.6. The van der Waals surface area contributed by atoms with E-state index < -0.39 is 28.6 Å². The average Bonchev–Trinajstić information content (AvgIpc) is 1.59. The van der Waals surface area contributed by atoms with E-state index in [-0.39, 0.29) is 22.3 Å². The minimum atomic E-state index is -4.61. The van der Waals surface area contributed by atoms with Gasteiger partial charge in [0.15, 0.2) is 0 Å². The molecule has 0 amide bonds. The van der Waals surface area contributed by atoms with Gasteiger partial charge in [-0.25, -0.2) is 0 Å². The average molecular weight is 1140 g/mol. The van der Waals surface area contributed by atoms with Crippen molar-refractivity contribution in [2.75, 3.05) is 0 Å². The standard InChI is InChI=1S/C81H56F6/c1-77(2)71-43-61(63-35-41-69-67-39-31-59(45-73(67)78(3,75(69)47-63)80(82,83)84)57-27-23-55(24-28-57)53-19-15-51(16-20-53)49-11-7-5-8-12-49)33-37-65(71)66-38-34-62(44-72(66)77)64-36-42-70-68-40-32-60(46-74(68)79(4,76(70)48-64)81(85,86)87)58-29-25-56(26-30-58)54-21-17-52(18-22-54)50-13-9-6-10-14-50/h5-48H,1-4H3. The van der Waals surface area contributed by atoms with Crippen molar-refractivity contribution >= 4 is 0 Å². The Kier molecular flexibility index (Phi) is 12.2. The zero-order chi connectivity index (χ0) is 59.8. The quantitative estimate of drug-likeness (QED) is 0.133. The lowest BCUT2D eigenvalue weighted by Gasteiger charge is -2.30. The normalized spacial score (nSPS) is 16.8. The molecule has 0 spiro atoms. The number of fused-ring (bicyclic) bond motifs is 9. The lowest BCUT2D eigenvalue weighted by Crippen LogP contribution is -2.38. The first kappa shape index (κ1) is 53.9. The van der Waals surface area contributed by atoms with Crippen LogP contribution >= 0.6 is 0 Å². The molecule has 87 heavy (non-hydrogen) atoms. The van der Waals surface area contributed by atoms with Gasteiger partial charge >= 0.3 is 12.4 Å². The summed E-state index contributed by atoms with van der Waals surface area (Å²) in [6, 6.07) is 87.3. The molecule has 0 aromatic heterocycles. The van der Waals surface area contributed by atoms with Crippen LogP contribution < -0.4 is 0 Å². The topological polar surface area (TPSA) is 0 Å². The van der Waals surface area contributed by atoms with Crippen LogP contribution in [0, 0.1) is 0 Å². The molecule has 2 unspecified atom stereocenters. The minimum Gasteiger partial charge on any atom is -0.170 e. The minimum absolute atomic E-state index is 0.216. The SMILES string of the molecule is CC1(C)c2cc(-c3ccc4c(c3)C(C)(C(F)(F)F)c3cc(-c5ccc(-c6ccc(-c7ccccc7)cc6)cc5)ccc3-4)ccc2-c2ccc(-c3ccc4c(c3)C(C)(C(F)(F)F)c3cc(-c5ccc(-c6ccc(-c7ccccc7)cc6)cc5)ccc3-4)cc21. The van der Waals surface area contributed by atoms with Gasteiger partial charge in [-0.15, -0.1) is 0 Å². The van der Waals surface area contributed by atoms with Crippen LogP contribution in [0.4, 0.5) is 26.3 Å². The van der Waals surface area contributed by atoms with Crippen LogP contribution in [0.1, 0.15) is 61.1 Å². The third kappa shape index (κ3) is 8.50. The molecule has 6 heteroatoms. The van der Waals surface area contributed by atoms with E-state index in [1.807, 2.05) is 146 Å². The summed E-state index contributed by atoms with van der Waals surface area (Å²) in [5.74, 6) is 0. The van der Waals surface area contributed by atoms with Crippen molar-refractivity contribution in [2.45, 2.75) is 56.3 Å². The highest BCUT2D eigenvalue weighted by Crippen LogP contribution is 2.60. The fourth-order valence-electron chi connectivity index (χ4n) is 14.2. The first-order valence-corrected chi connectivity index (χ1v) is 29.4. The molecular formula is C81H56F6. The van der Waals surface area contributed by atoms with Crippen molar-refractivity contribution < 1.29 is 26.3 Å². The second-order valence-electron chi connectivity index (χ2n) is 24.5. The van der Waals surface area contributed by atoms with Gasteiger partial charge in [-0.3, -0.25) is 0 Å². The first-order chi connectivity index (χ1) is 41.9. The summed E-state index contributed by atoms with van der Waals surface area (Å²) >= 11 is 0. The highest BCUT2D eigenvalue weighted by atomic mass is 19.4. The van der Waals surface area contributed by atoms with Crippen LogP contribution in [-0.2, 0) is 16.2 Å². The van der Waals surface area contributed by atoms with Gasteiger partial charge in [0, 0.05) is 5.41 Å². The van der Waals surface area contributed by atoms with E-state index in [4.69, 9.17) is 0 Å². The maximum Gasteiger partial charge on any atom is 0.402 e. The maximum atomic E-state index is 15.9. The largest absolute Gasteiger partial charge is 0.402 e. The molecule has 15 rings (SSSR count). The van der Waals surface area contributed by atoms with Crippen LogP contribution in [0.25, 0.3) is 122 Å². The molecule has 0 bridgehead atoms. The first-order valence-electron chi connectivity index (χ1n) is 29.4. The Balaban J connectivity index is 0.696. The summed E-state index contributed by atoms with van der Waals surface area (Å²) in [5, 5.41) is 0. The summed E-state index contributed by atoms with van der Waals surface area (Å²) in [4.78, 5) is 0. The van der Waals surface area contributed by atoms with Crippen molar-refractivity contribution in [3.8, 4) is 122 Å². The van der Waals surface area contributed by atoms with Crippen LogP contribution in [0.3, 0.4) is 0 Å². The summed E-state index contributed by atoms with van der Waals surface area (Å²) in [6.45, 7) is 6.88. The number of halogens is 6. The monoisotopic (exact) mass is 1140 g/mol. The third-order valence-electron chi connectivity index (χ3n) is 19.4. The van der Waals surface area contributed by atoms with Gasteiger partial charge in [-0.05, 0) is 206 Å². The van der Waals surface area contributed by atoms with Gasteiger partial charge in [0.2, 0.25) is 0 Å². The van der Waals surface area contributed by atoms with Gasteiger partial charge in [0.25, 0.3) is 0 Å². The number of rotatable bonds is 8. The molecule has 12 aromatic carbocycles. The van der Waals surface area contributed by atoms with E-state index in [1.165, 1.54) is 13.8 Å². The Hall–Kier alpha value is -9.78. The van der Waals surface area contributed by atoms with E-state index in [2.05, 4.69) is 111 Å². The van der Waals surface area contributed by atoms with Crippen LogP contribution in [0.2, 0.25) is 0 Å². The molecule has 422 valence electrons. The Morgan fingerprint density at radius 1 is 0.195 bits per heavy atom. The molecule has 0 radical (unpaired) electrons. The maximum absolute atomic E-state index is 15.9. The number of benzene rings is 12. The van der Waals surface area contributed by atoms with Crippen molar-refractivity contribution in [1.82, 2.24) is 0 Å². The Bertz CT molecular complexity index is 4400. The third-order valence-corrected chi connectivity index (χ3v) is 19.4. The predicted molar refractivity (Wildman–Crippen MR) is 343 cm³/mol. The molecule has 0 heterocycles. The van der Waals surface area contributed by atoms with Gasteiger partial charge < -0.3 is 0 Å². The molecule has 3 aliphatic carbocycles. The smallest absolute Gasteiger partial charge is 0.170 e. The highest BCUT2D eigenvalue weighted by molar-refractivity contribution is 5.91. The van der Waals surface area contributed by atoms with Crippen molar-refractivity contribution in [2.24, 2.45) is 0 Å². The summed E-state index contributed by atoms with van der Waals surface area (Å²) in [5.41, 5.74) is 16.8. The van der Waals surface area contributed by atoms with E-state index in [9.17, 15) is 0 Å². The molecule has 0 N–H and O–H groups in total. The molecule has 0 saturated heterocycles. The molecule has 0 aliphatic heterocycles. The van der Waals surface area contributed by atoms with Crippen LogP contribution in [0.5, 0.6) is 0 Å². The predicted octanol–water partition coefficient (Wildman–Crippen LogP) is 23.0. The van der Waals surface area contributed by atoms with Crippen molar-refractivity contribution in [3.63, 3.8) is 0 Å². The summed E-state index contributed by atoms with van der Waals surface area (Å²) < 4.78 is 95.2. The van der Waals surface area contributed by atoms with E-state index in [0.29, 0.717) is 44.5 Å². The molecular weight excluding hydrogens is 1090 g/mol. The van der Waals surface area contributed by atoms with E-state index in [0.717, 1.165) is 89.0 Å². The molecule has 12 aromatic rings. The molecule has 0 fully saturated rings. The summed E-state index contributed by atoms with van der Waals surface area (Å²) in [7, 11) is 0. The lowest BCUT2D eigenvalue weighted by molar-refractivity contribution is -0.172. The number of hydrogen-bond acceptors (Lipinski definition) is 0. The Labute approximate surface area is 502 Å². The van der Waals surface area contributed by atoms with E-state index >= 15 is 26.3 Å². The zero-order valence-electron chi connectivity index (χ0n) is 48.2. The molecule has 3 aliphatic rings. The van der Waals surface area contributed by atoms with Crippen LogP contribution in [-0.4, -0.2) is 12.4 Å². The number of hydrogen-bond donors (Lipinski definition) is 0. The summed E-state index contributed by atoms with van der Waals surface area (Å²) in [6.07, 6.45) is -9.22. The lowest BCUT2D eigenvalue weighted by atomic mass is 9.77. The Morgan fingerprint density at radius 2 is 0.356 bits per heavy atom. The van der Waals surface area contributed by atoms with Gasteiger partial charge in [-0.2, -0.15) is 26.3 Å². The van der Waals surface area contributed by atoms with Crippen molar-refractivity contribution in [1.29, 1.82) is 0 Å². The van der Waals surface area contributed by atoms with Gasteiger partial charge in [-0.1, -0.05) is 244 Å². The van der Waals surface area contributed by atoms with Crippen LogP contribution in [0.15, 0.2) is 267 Å². The van der Waals surface area contributed by atoms with Gasteiger partial charge in [0.1, 0.15) is 10.8 Å². The second-order valence-corrected chi connectivity index (χ2v) is 24.5. The molecule has 0 saturated carbocycles. The fourth-order valence-corrected chi connectivity index (χ4v) is 14.2. The van der Waals surface area contributed by atoms with E-state index in [1.54, 1.807) is 24.3 Å². The Morgan fingerprint density at radius 3 is 0.575 bits per heavy atom. The van der Waals surface area contributed by atoms with Gasteiger partial charge in [0.05, 0.1) is 0 Å². The molecule has 0 nitrogen and oxygen atoms in total. The highest BCUT2D eigenvalue weighted by Gasteiger charge is 2.59. The molecule has 2 atom stereocenters. The fraction of sp³-hybridized carbons (Fsp3) is 0.111. The van der Waals surface area contributed by atoms with Crippen molar-refractivity contribution in [3.05, 3.63) is 300 Å².